The van der Waals surface area contributed by atoms with E-state index in [0.717, 1.165) is 36.3 Å². The zero-order valence-corrected chi connectivity index (χ0v) is 17.9. The molecular formula is C25H31NO3. The van der Waals surface area contributed by atoms with Crippen molar-refractivity contribution < 1.29 is 14.3 Å². The summed E-state index contributed by atoms with van der Waals surface area (Å²) in [6, 6.07) is 14.4. The molecule has 0 radical (unpaired) electrons. The summed E-state index contributed by atoms with van der Waals surface area (Å²) in [4.78, 5) is 14.3. The number of nitrogens with zero attached hydrogens (tertiary/aromatic N) is 1. The standard InChI is InChI=1S/C25H31NO3/c1-18(2)29-25(27)16-19-12-13-24-23(15-19)22(11-7-8-14-26(3)4)21-10-6-5-9-20(21)17-28-24/h5-6,9-13,15,18H,7-8,14,16-17H2,1-4H3. The van der Waals surface area contributed by atoms with Crippen molar-refractivity contribution in [3.8, 4) is 5.75 Å². The molecule has 0 atom stereocenters. The van der Waals surface area contributed by atoms with Crippen molar-refractivity contribution in [1.82, 2.24) is 4.90 Å². The van der Waals surface area contributed by atoms with Gasteiger partial charge in [-0.1, -0.05) is 36.4 Å². The molecule has 4 heteroatoms. The Hall–Kier alpha value is -2.59. The molecule has 0 amide bonds. The summed E-state index contributed by atoms with van der Waals surface area (Å²) in [5.74, 6) is 0.660. The molecule has 0 bridgehead atoms. The fourth-order valence-corrected chi connectivity index (χ4v) is 3.58. The molecule has 0 fully saturated rings. The number of hydrogen-bond donors (Lipinski definition) is 0. The van der Waals surface area contributed by atoms with E-state index in [4.69, 9.17) is 9.47 Å². The largest absolute Gasteiger partial charge is 0.488 e. The van der Waals surface area contributed by atoms with Crippen LogP contribution in [0.3, 0.4) is 0 Å². The lowest BCUT2D eigenvalue weighted by Gasteiger charge is -2.14. The number of allylic oxidation sites excluding steroid dienone is 1. The van der Waals surface area contributed by atoms with Crippen LogP contribution in [0.25, 0.3) is 5.57 Å². The molecule has 0 N–H and O–H groups in total. The van der Waals surface area contributed by atoms with Crippen molar-refractivity contribution in [3.05, 3.63) is 70.8 Å². The number of hydrogen-bond acceptors (Lipinski definition) is 4. The lowest BCUT2D eigenvalue weighted by atomic mass is 9.92. The van der Waals surface area contributed by atoms with Gasteiger partial charge in [-0.3, -0.25) is 4.79 Å². The van der Waals surface area contributed by atoms with E-state index in [2.05, 4.69) is 55.4 Å². The van der Waals surface area contributed by atoms with Gasteiger partial charge in [-0.05, 0) is 81.7 Å². The van der Waals surface area contributed by atoms with Gasteiger partial charge >= 0.3 is 5.97 Å². The summed E-state index contributed by atoms with van der Waals surface area (Å²) in [5.41, 5.74) is 5.57. The topological polar surface area (TPSA) is 38.8 Å². The molecule has 2 aromatic rings. The lowest BCUT2D eigenvalue weighted by Crippen LogP contribution is -2.13. The maximum Gasteiger partial charge on any atom is 0.310 e. The fourth-order valence-electron chi connectivity index (χ4n) is 3.58. The van der Waals surface area contributed by atoms with Crippen LogP contribution in [0.2, 0.25) is 0 Å². The van der Waals surface area contributed by atoms with Crippen LogP contribution in [0.5, 0.6) is 5.75 Å². The molecule has 154 valence electrons. The predicted molar refractivity (Wildman–Crippen MR) is 117 cm³/mol. The Morgan fingerprint density at radius 1 is 1.17 bits per heavy atom. The predicted octanol–water partition coefficient (Wildman–Crippen LogP) is 4.85. The van der Waals surface area contributed by atoms with Crippen LogP contribution in [-0.2, 0) is 22.6 Å². The van der Waals surface area contributed by atoms with E-state index in [9.17, 15) is 4.79 Å². The van der Waals surface area contributed by atoms with Gasteiger partial charge in [0, 0.05) is 5.56 Å². The molecule has 0 aliphatic carbocycles. The SMILES string of the molecule is CC(C)OC(=O)Cc1ccc2c(c1)C(=CCCCN(C)C)c1ccccc1CO2. The second-order valence-electron chi connectivity index (χ2n) is 8.06. The third-order valence-electron chi connectivity index (χ3n) is 4.90. The van der Waals surface area contributed by atoms with Crippen LogP contribution in [0.4, 0.5) is 0 Å². The zero-order valence-electron chi connectivity index (χ0n) is 17.9. The summed E-state index contributed by atoms with van der Waals surface area (Å²) < 4.78 is 11.4. The second-order valence-corrected chi connectivity index (χ2v) is 8.06. The van der Waals surface area contributed by atoms with Gasteiger partial charge in [0.05, 0.1) is 12.5 Å². The molecule has 2 aromatic carbocycles. The minimum Gasteiger partial charge on any atom is -0.488 e. The molecular weight excluding hydrogens is 362 g/mol. The number of rotatable bonds is 7. The van der Waals surface area contributed by atoms with Gasteiger partial charge in [0.1, 0.15) is 12.4 Å². The Bertz CT molecular complexity index is 883. The zero-order chi connectivity index (χ0) is 20.8. The first-order valence-corrected chi connectivity index (χ1v) is 10.3. The minimum atomic E-state index is -0.202. The van der Waals surface area contributed by atoms with E-state index in [-0.39, 0.29) is 18.5 Å². The molecule has 3 rings (SSSR count). The molecule has 1 aliphatic rings. The van der Waals surface area contributed by atoms with Crippen LogP contribution in [-0.4, -0.2) is 37.6 Å². The summed E-state index contributed by atoms with van der Waals surface area (Å²) in [6.45, 7) is 5.34. The summed E-state index contributed by atoms with van der Waals surface area (Å²) in [6.07, 6.45) is 4.55. The van der Waals surface area contributed by atoms with E-state index in [0.29, 0.717) is 6.61 Å². The number of ether oxygens (including phenoxy) is 2. The number of unbranched alkanes of at least 4 members (excludes halogenated alkanes) is 1. The highest BCUT2D eigenvalue weighted by atomic mass is 16.5. The molecule has 1 heterocycles. The Morgan fingerprint density at radius 2 is 1.97 bits per heavy atom. The number of benzene rings is 2. The highest BCUT2D eigenvalue weighted by molar-refractivity contribution is 5.85. The van der Waals surface area contributed by atoms with E-state index < -0.39 is 0 Å². The van der Waals surface area contributed by atoms with E-state index in [1.165, 1.54) is 16.7 Å². The van der Waals surface area contributed by atoms with Crippen molar-refractivity contribution in [2.45, 2.75) is 45.8 Å². The van der Waals surface area contributed by atoms with E-state index >= 15 is 0 Å². The third kappa shape index (κ3) is 5.70. The monoisotopic (exact) mass is 393 g/mol. The lowest BCUT2D eigenvalue weighted by molar-refractivity contribution is -0.146. The van der Waals surface area contributed by atoms with Gasteiger partial charge in [0.25, 0.3) is 0 Å². The number of carbonyl (C=O) groups is 1. The highest BCUT2D eigenvalue weighted by Gasteiger charge is 2.20. The Balaban J connectivity index is 1.94. The van der Waals surface area contributed by atoms with Gasteiger partial charge in [0.15, 0.2) is 0 Å². The highest BCUT2D eigenvalue weighted by Crippen LogP contribution is 2.37. The molecule has 4 nitrogen and oxygen atoms in total. The van der Waals surface area contributed by atoms with Gasteiger partial charge in [-0.25, -0.2) is 0 Å². The van der Waals surface area contributed by atoms with Crippen LogP contribution in [0, 0.1) is 0 Å². The minimum absolute atomic E-state index is 0.106. The van der Waals surface area contributed by atoms with Gasteiger partial charge in [-0.2, -0.15) is 0 Å². The molecule has 29 heavy (non-hydrogen) atoms. The van der Waals surface area contributed by atoms with Crippen molar-refractivity contribution in [1.29, 1.82) is 0 Å². The number of carbonyl (C=O) groups excluding carboxylic acids is 1. The second kappa shape index (κ2) is 9.75. The molecule has 1 aliphatic heterocycles. The van der Waals surface area contributed by atoms with Crippen LogP contribution in [0.1, 0.15) is 48.9 Å². The van der Waals surface area contributed by atoms with Gasteiger partial charge in [-0.15, -0.1) is 0 Å². The average Bonchev–Trinajstić information content (AvgIpc) is 2.81. The Morgan fingerprint density at radius 3 is 2.72 bits per heavy atom. The van der Waals surface area contributed by atoms with Crippen molar-refractivity contribution in [3.63, 3.8) is 0 Å². The maximum absolute atomic E-state index is 12.1. The van der Waals surface area contributed by atoms with Gasteiger partial charge < -0.3 is 14.4 Å². The van der Waals surface area contributed by atoms with Gasteiger partial charge in [0.2, 0.25) is 0 Å². The molecule has 0 saturated heterocycles. The van der Waals surface area contributed by atoms with Crippen molar-refractivity contribution in [2.24, 2.45) is 0 Å². The van der Waals surface area contributed by atoms with E-state index in [1.807, 2.05) is 26.0 Å². The molecule has 0 spiro atoms. The smallest absolute Gasteiger partial charge is 0.310 e. The van der Waals surface area contributed by atoms with Crippen LogP contribution < -0.4 is 4.74 Å². The van der Waals surface area contributed by atoms with Crippen molar-refractivity contribution >= 4 is 11.5 Å². The summed E-state index contributed by atoms with van der Waals surface area (Å²) in [5, 5.41) is 0. The third-order valence-corrected chi connectivity index (χ3v) is 4.90. The molecule has 0 aromatic heterocycles. The quantitative estimate of drug-likeness (QED) is 0.498. The summed E-state index contributed by atoms with van der Waals surface area (Å²) >= 11 is 0. The average molecular weight is 394 g/mol. The Kier molecular flexibility index (Phi) is 7.10. The molecule has 0 unspecified atom stereocenters. The van der Waals surface area contributed by atoms with Crippen LogP contribution in [0.15, 0.2) is 48.5 Å². The number of fused-ring (bicyclic) bond motifs is 2. The Labute approximate surface area is 174 Å². The fraction of sp³-hybridized carbons (Fsp3) is 0.400. The summed E-state index contributed by atoms with van der Waals surface area (Å²) in [7, 11) is 4.19. The first-order chi connectivity index (χ1) is 13.9. The molecule has 0 saturated carbocycles. The van der Waals surface area contributed by atoms with E-state index in [1.54, 1.807) is 0 Å². The maximum atomic E-state index is 12.1. The normalized spacial score (nSPS) is 14.3. The van der Waals surface area contributed by atoms with Crippen LogP contribution >= 0.6 is 0 Å². The number of esters is 1. The van der Waals surface area contributed by atoms with Crippen molar-refractivity contribution in [2.75, 3.05) is 20.6 Å². The first-order valence-electron chi connectivity index (χ1n) is 10.3. The first kappa shape index (κ1) is 21.1.